The molecule has 86 valence electrons. The van der Waals surface area contributed by atoms with Gasteiger partial charge in [0.15, 0.2) is 11.4 Å². The topological polar surface area (TPSA) is 94.3 Å². The third-order valence-corrected chi connectivity index (χ3v) is 2.66. The van der Waals surface area contributed by atoms with Crippen LogP contribution in [0.3, 0.4) is 0 Å². The molecule has 0 aromatic rings. The summed E-state index contributed by atoms with van der Waals surface area (Å²) in [5, 5.41) is 11.3. The Hall–Kier alpha value is -0.780. The van der Waals surface area contributed by atoms with E-state index in [1.807, 2.05) is 0 Å². The van der Waals surface area contributed by atoms with E-state index in [0.29, 0.717) is 24.7 Å². The van der Waals surface area contributed by atoms with Crippen LogP contribution in [0.15, 0.2) is 4.99 Å². The Morgan fingerprint density at radius 2 is 2.27 bits per heavy atom. The zero-order chi connectivity index (χ0) is 11.7. The normalized spacial score (nSPS) is 12.2. The lowest BCUT2D eigenvalue weighted by atomic mass is 10.4. The van der Waals surface area contributed by atoms with Crippen molar-refractivity contribution in [1.82, 2.24) is 10.0 Å². The summed E-state index contributed by atoms with van der Waals surface area (Å²) in [5.41, 5.74) is 0. The number of amidine groups is 1. The molecule has 0 aromatic carbocycles. The summed E-state index contributed by atoms with van der Waals surface area (Å²) in [6.45, 7) is 0.837. The van der Waals surface area contributed by atoms with Crippen molar-refractivity contribution in [2.45, 2.75) is 6.42 Å². The van der Waals surface area contributed by atoms with E-state index in [9.17, 15) is 8.42 Å². The van der Waals surface area contributed by atoms with E-state index in [2.05, 4.69) is 15.0 Å². The van der Waals surface area contributed by atoms with Gasteiger partial charge >= 0.3 is 0 Å². The molecule has 0 heterocycles. The molecule has 0 fully saturated rings. The number of nitrogens with zero attached hydrogens (tertiary/aromatic N) is 2. The van der Waals surface area contributed by atoms with Gasteiger partial charge in [0.05, 0.1) is 6.26 Å². The fourth-order valence-electron chi connectivity index (χ4n) is 0.720. The Bertz CT molecular complexity index is 344. The van der Waals surface area contributed by atoms with Crippen molar-refractivity contribution >= 4 is 27.0 Å². The smallest absolute Gasteiger partial charge is 0.208 e. The van der Waals surface area contributed by atoms with Gasteiger partial charge < -0.3 is 0 Å². The Kier molecular flexibility index (Phi) is 7.11. The van der Waals surface area contributed by atoms with Crippen molar-refractivity contribution in [3.8, 4) is 6.19 Å². The molecule has 6 nitrogen and oxygen atoms in total. The summed E-state index contributed by atoms with van der Waals surface area (Å²) >= 11 is 1.34. The van der Waals surface area contributed by atoms with Gasteiger partial charge in [0.2, 0.25) is 10.0 Å². The maximum atomic E-state index is 10.7. The van der Waals surface area contributed by atoms with Crippen molar-refractivity contribution in [1.29, 1.82) is 5.26 Å². The van der Waals surface area contributed by atoms with E-state index in [0.717, 1.165) is 6.26 Å². The van der Waals surface area contributed by atoms with Gasteiger partial charge in [-0.25, -0.2) is 13.1 Å². The van der Waals surface area contributed by atoms with Gasteiger partial charge in [0, 0.05) is 13.1 Å². The van der Waals surface area contributed by atoms with Crippen LogP contribution < -0.4 is 10.0 Å². The molecule has 0 saturated heterocycles. The first kappa shape index (κ1) is 14.2. The van der Waals surface area contributed by atoms with Gasteiger partial charge in [-0.3, -0.25) is 10.3 Å². The quantitative estimate of drug-likeness (QED) is 0.230. The number of thioether (sulfide) groups is 1. The highest BCUT2D eigenvalue weighted by Crippen LogP contribution is 1.94. The number of nitrogens with one attached hydrogen (secondary N) is 2. The fourth-order valence-corrected chi connectivity index (χ4v) is 1.60. The largest absolute Gasteiger partial charge is 0.272 e. The van der Waals surface area contributed by atoms with E-state index in [-0.39, 0.29) is 0 Å². The molecule has 8 heteroatoms. The molecule has 0 aromatic heterocycles. The molecule has 0 rings (SSSR count). The Balaban J connectivity index is 3.74. The van der Waals surface area contributed by atoms with Gasteiger partial charge in [-0.1, -0.05) is 11.8 Å². The van der Waals surface area contributed by atoms with E-state index in [1.54, 1.807) is 12.4 Å². The predicted octanol–water partition coefficient (Wildman–Crippen LogP) is -0.285. The summed E-state index contributed by atoms with van der Waals surface area (Å²) in [5.74, 6) is 0. The van der Waals surface area contributed by atoms with Gasteiger partial charge in [-0.15, -0.1) is 0 Å². The van der Waals surface area contributed by atoms with Crippen LogP contribution in [-0.2, 0) is 10.0 Å². The molecule has 0 aliphatic carbocycles. The van der Waals surface area contributed by atoms with Gasteiger partial charge in [0.25, 0.3) is 0 Å². The summed E-state index contributed by atoms with van der Waals surface area (Å²) in [6.07, 6.45) is 5.29. The molecular weight excluding hydrogens is 236 g/mol. The summed E-state index contributed by atoms with van der Waals surface area (Å²) in [4.78, 5) is 4.06. The lowest BCUT2D eigenvalue weighted by molar-refractivity contribution is 0.586. The molecule has 15 heavy (non-hydrogen) atoms. The molecule has 0 radical (unpaired) electrons. The first-order chi connectivity index (χ1) is 6.99. The molecule has 2 N–H and O–H groups in total. The van der Waals surface area contributed by atoms with Crippen molar-refractivity contribution in [2.75, 3.05) is 25.6 Å². The molecule has 0 unspecified atom stereocenters. The van der Waals surface area contributed by atoms with Crippen LogP contribution in [0.5, 0.6) is 0 Å². The van der Waals surface area contributed by atoms with Crippen molar-refractivity contribution in [2.24, 2.45) is 4.99 Å². The molecule has 0 atom stereocenters. The standard InChI is InChI=1S/C7H14N4O2S2/c1-14-7(10-6-8)9-4-3-5-11-15(2,12)13/h11H,3-5H2,1-2H3,(H,9,10). The van der Waals surface area contributed by atoms with Crippen molar-refractivity contribution < 1.29 is 8.42 Å². The zero-order valence-electron chi connectivity index (χ0n) is 8.65. The third-order valence-electron chi connectivity index (χ3n) is 1.31. The number of sulfonamides is 1. The maximum Gasteiger partial charge on any atom is 0.208 e. The number of hydrogen-bond acceptors (Lipinski definition) is 5. The Morgan fingerprint density at radius 3 is 2.73 bits per heavy atom. The zero-order valence-corrected chi connectivity index (χ0v) is 10.3. The maximum absolute atomic E-state index is 10.7. The van der Waals surface area contributed by atoms with Crippen LogP contribution in [0.2, 0.25) is 0 Å². The minimum atomic E-state index is -3.11. The van der Waals surface area contributed by atoms with Crippen LogP contribution in [0, 0.1) is 11.5 Å². The second-order valence-electron chi connectivity index (χ2n) is 2.65. The van der Waals surface area contributed by atoms with Gasteiger partial charge in [-0.2, -0.15) is 5.26 Å². The van der Waals surface area contributed by atoms with Crippen molar-refractivity contribution in [3.63, 3.8) is 0 Å². The third kappa shape index (κ3) is 9.52. The fraction of sp³-hybridized carbons (Fsp3) is 0.714. The lowest BCUT2D eigenvalue weighted by Crippen LogP contribution is -2.23. The number of nitriles is 1. The number of rotatable bonds is 5. The number of hydrogen-bond donors (Lipinski definition) is 2. The predicted molar refractivity (Wildman–Crippen MR) is 62.0 cm³/mol. The monoisotopic (exact) mass is 250 g/mol. The second kappa shape index (κ2) is 7.50. The summed E-state index contributed by atoms with van der Waals surface area (Å²) in [6, 6.07) is 0. The van der Waals surface area contributed by atoms with Crippen molar-refractivity contribution in [3.05, 3.63) is 0 Å². The van der Waals surface area contributed by atoms with E-state index in [4.69, 9.17) is 5.26 Å². The van der Waals surface area contributed by atoms with Crippen LogP contribution in [0.4, 0.5) is 0 Å². The number of aliphatic imine (C=N–C) groups is 1. The molecule has 0 aliphatic rings. The van der Waals surface area contributed by atoms with Crippen LogP contribution in [0.25, 0.3) is 0 Å². The average molecular weight is 250 g/mol. The van der Waals surface area contributed by atoms with E-state index in [1.165, 1.54) is 11.8 Å². The Morgan fingerprint density at radius 1 is 1.60 bits per heavy atom. The molecular formula is C7H14N4O2S2. The average Bonchev–Trinajstić information content (AvgIpc) is 2.14. The highest BCUT2D eigenvalue weighted by molar-refractivity contribution is 8.13. The van der Waals surface area contributed by atoms with E-state index >= 15 is 0 Å². The molecule has 0 aliphatic heterocycles. The van der Waals surface area contributed by atoms with Crippen LogP contribution in [0.1, 0.15) is 6.42 Å². The van der Waals surface area contributed by atoms with Crippen LogP contribution in [-0.4, -0.2) is 39.2 Å². The first-order valence-corrected chi connectivity index (χ1v) is 7.29. The highest BCUT2D eigenvalue weighted by atomic mass is 32.2. The molecule has 0 bridgehead atoms. The minimum absolute atomic E-state index is 0.358. The molecule has 0 saturated carbocycles. The van der Waals surface area contributed by atoms with Gasteiger partial charge in [-0.05, 0) is 12.7 Å². The summed E-state index contributed by atoms with van der Waals surface area (Å²) in [7, 11) is -3.11. The van der Waals surface area contributed by atoms with E-state index < -0.39 is 10.0 Å². The highest BCUT2D eigenvalue weighted by Gasteiger charge is 1.98. The molecule has 0 spiro atoms. The van der Waals surface area contributed by atoms with Crippen LogP contribution >= 0.6 is 11.8 Å². The first-order valence-electron chi connectivity index (χ1n) is 4.18. The molecule has 0 amide bonds. The lowest BCUT2D eigenvalue weighted by Gasteiger charge is -2.01. The second-order valence-corrected chi connectivity index (χ2v) is 5.28. The summed E-state index contributed by atoms with van der Waals surface area (Å²) < 4.78 is 23.7. The van der Waals surface area contributed by atoms with Gasteiger partial charge in [0.1, 0.15) is 0 Å². The SMILES string of the molecule is CSC(=NCCCNS(C)(=O)=O)NC#N. The minimum Gasteiger partial charge on any atom is -0.272 e. The Labute approximate surface area is 94.2 Å².